The minimum Gasteiger partial charge on any atom is -0.478 e. The summed E-state index contributed by atoms with van der Waals surface area (Å²) in [4.78, 5) is 12.9. The first-order chi connectivity index (χ1) is 6.99. The van der Waals surface area contributed by atoms with Gasteiger partial charge in [0.2, 0.25) is 0 Å². The van der Waals surface area contributed by atoms with E-state index in [1.54, 1.807) is 13.0 Å². The van der Waals surface area contributed by atoms with Gasteiger partial charge in [-0.3, -0.25) is 0 Å². The number of carbonyl (C=O) groups is 1. The largest absolute Gasteiger partial charge is 0.478 e. The summed E-state index contributed by atoms with van der Waals surface area (Å²) in [6, 6.07) is 0. The number of allylic oxidation sites excluding steroid dienone is 2. The number of nitrogens with zero attached hydrogens (tertiary/aromatic N) is 1. The maximum Gasteiger partial charge on any atom is 0.331 e. The summed E-state index contributed by atoms with van der Waals surface area (Å²) in [5.74, 6) is -0.822. The van der Waals surface area contributed by atoms with E-state index in [-0.39, 0.29) is 0 Å². The predicted molar refractivity (Wildman–Crippen MR) is 62.9 cm³/mol. The molecule has 0 aromatic heterocycles. The highest BCUT2D eigenvalue weighted by atomic mass is 16.4. The van der Waals surface area contributed by atoms with Gasteiger partial charge in [0, 0.05) is 5.57 Å². The molecule has 0 heterocycles. The van der Waals surface area contributed by atoms with Crippen molar-refractivity contribution in [2.45, 2.75) is 26.2 Å². The SMILES string of the molecule is C=CCC(CCCN(C)C)=C(C)C(=O)O. The fourth-order valence-electron chi connectivity index (χ4n) is 1.38. The van der Waals surface area contributed by atoms with Gasteiger partial charge in [0.25, 0.3) is 0 Å². The van der Waals surface area contributed by atoms with Crippen LogP contribution in [0.25, 0.3) is 0 Å². The Hall–Kier alpha value is -1.09. The average molecular weight is 211 g/mol. The summed E-state index contributed by atoms with van der Waals surface area (Å²) in [5.41, 5.74) is 1.45. The zero-order valence-electron chi connectivity index (χ0n) is 9.92. The van der Waals surface area contributed by atoms with Crippen molar-refractivity contribution in [2.75, 3.05) is 20.6 Å². The van der Waals surface area contributed by atoms with Gasteiger partial charge in [0.1, 0.15) is 0 Å². The number of hydrogen-bond donors (Lipinski definition) is 1. The molecule has 0 aromatic rings. The van der Waals surface area contributed by atoms with Crippen molar-refractivity contribution in [3.8, 4) is 0 Å². The molecule has 0 fully saturated rings. The van der Waals surface area contributed by atoms with E-state index in [0.717, 1.165) is 25.0 Å². The molecule has 0 rings (SSSR count). The van der Waals surface area contributed by atoms with Crippen LogP contribution in [-0.4, -0.2) is 36.6 Å². The standard InChI is InChI=1S/C12H21NO2/c1-5-7-11(10(2)12(14)15)8-6-9-13(3)4/h5H,1,6-9H2,2-4H3,(H,14,15). The van der Waals surface area contributed by atoms with Crippen molar-refractivity contribution in [1.29, 1.82) is 0 Å². The highest BCUT2D eigenvalue weighted by Crippen LogP contribution is 2.16. The maximum atomic E-state index is 10.8. The molecule has 86 valence electrons. The second-order valence-electron chi connectivity index (χ2n) is 3.93. The fraction of sp³-hybridized carbons (Fsp3) is 0.583. The van der Waals surface area contributed by atoms with Gasteiger partial charge in [-0.05, 0) is 46.8 Å². The third-order valence-electron chi connectivity index (χ3n) is 2.33. The number of carboxylic acid groups (broad SMARTS) is 1. The Labute approximate surface area is 92.1 Å². The molecule has 0 aliphatic rings. The Kier molecular flexibility index (Phi) is 6.71. The van der Waals surface area contributed by atoms with Crippen LogP contribution in [0.1, 0.15) is 26.2 Å². The number of rotatable bonds is 7. The second-order valence-corrected chi connectivity index (χ2v) is 3.93. The van der Waals surface area contributed by atoms with Gasteiger partial charge < -0.3 is 10.0 Å². The summed E-state index contributed by atoms with van der Waals surface area (Å²) in [5, 5.41) is 8.88. The van der Waals surface area contributed by atoms with E-state index < -0.39 is 5.97 Å². The Bertz CT molecular complexity index is 254. The van der Waals surface area contributed by atoms with Crippen molar-refractivity contribution in [3.63, 3.8) is 0 Å². The van der Waals surface area contributed by atoms with Crippen LogP contribution in [-0.2, 0) is 4.79 Å². The van der Waals surface area contributed by atoms with E-state index in [2.05, 4.69) is 11.5 Å². The van der Waals surface area contributed by atoms with Gasteiger partial charge in [-0.2, -0.15) is 0 Å². The lowest BCUT2D eigenvalue weighted by atomic mass is 10.0. The predicted octanol–water partition coefficient (Wildman–Crippen LogP) is 2.31. The fourth-order valence-corrected chi connectivity index (χ4v) is 1.38. The topological polar surface area (TPSA) is 40.5 Å². The van der Waals surface area contributed by atoms with Crippen molar-refractivity contribution < 1.29 is 9.90 Å². The van der Waals surface area contributed by atoms with Crippen LogP contribution in [0, 0.1) is 0 Å². The van der Waals surface area contributed by atoms with Crippen LogP contribution in [0.3, 0.4) is 0 Å². The molecule has 0 amide bonds. The van der Waals surface area contributed by atoms with Crippen LogP contribution in [0.15, 0.2) is 23.8 Å². The van der Waals surface area contributed by atoms with Gasteiger partial charge in [-0.25, -0.2) is 4.79 Å². The first-order valence-electron chi connectivity index (χ1n) is 5.16. The third-order valence-corrected chi connectivity index (χ3v) is 2.33. The van der Waals surface area contributed by atoms with Crippen LogP contribution in [0.2, 0.25) is 0 Å². The van der Waals surface area contributed by atoms with E-state index in [1.165, 1.54) is 0 Å². The quantitative estimate of drug-likeness (QED) is 0.519. The van der Waals surface area contributed by atoms with Crippen molar-refractivity contribution >= 4 is 5.97 Å². The summed E-state index contributed by atoms with van der Waals surface area (Å²) in [7, 11) is 4.03. The van der Waals surface area contributed by atoms with Crippen molar-refractivity contribution in [1.82, 2.24) is 4.90 Å². The highest BCUT2D eigenvalue weighted by Gasteiger charge is 2.07. The van der Waals surface area contributed by atoms with E-state index in [1.807, 2.05) is 14.1 Å². The molecule has 0 saturated carbocycles. The van der Waals surface area contributed by atoms with Crippen LogP contribution in [0.5, 0.6) is 0 Å². The van der Waals surface area contributed by atoms with Gasteiger partial charge in [-0.15, -0.1) is 6.58 Å². The van der Waals surface area contributed by atoms with Gasteiger partial charge >= 0.3 is 5.97 Å². The molecule has 0 radical (unpaired) electrons. The lowest BCUT2D eigenvalue weighted by molar-refractivity contribution is -0.132. The summed E-state index contributed by atoms with van der Waals surface area (Å²) < 4.78 is 0. The molecule has 3 heteroatoms. The van der Waals surface area contributed by atoms with Gasteiger partial charge in [0.15, 0.2) is 0 Å². The van der Waals surface area contributed by atoms with Gasteiger partial charge in [0.05, 0.1) is 0 Å². The molecule has 0 saturated heterocycles. The Morgan fingerprint density at radius 1 is 1.47 bits per heavy atom. The third kappa shape index (κ3) is 6.07. The van der Waals surface area contributed by atoms with E-state index in [9.17, 15) is 4.79 Å². The van der Waals surface area contributed by atoms with Crippen LogP contribution in [0.4, 0.5) is 0 Å². The summed E-state index contributed by atoms with van der Waals surface area (Å²) in [6.07, 6.45) is 4.26. The molecular formula is C12H21NO2. The van der Waals surface area contributed by atoms with E-state index >= 15 is 0 Å². The molecule has 0 aromatic carbocycles. The Morgan fingerprint density at radius 3 is 2.47 bits per heavy atom. The number of hydrogen-bond acceptors (Lipinski definition) is 2. The number of aliphatic carboxylic acids is 1. The van der Waals surface area contributed by atoms with Gasteiger partial charge in [-0.1, -0.05) is 11.6 Å². The molecular weight excluding hydrogens is 190 g/mol. The molecule has 0 spiro atoms. The molecule has 15 heavy (non-hydrogen) atoms. The van der Waals surface area contributed by atoms with Crippen molar-refractivity contribution in [3.05, 3.63) is 23.8 Å². The molecule has 0 atom stereocenters. The van der Waals surface area contributed by atoms with E-state index in [4.69, 9.17) is 5.11 Å². The first kappa shape index (κ1) is 13.9. The second kappa shape index (κ2) is 7.23. The minimum absolute atomic E-state index is 0.466. The monoisotopic (exact) mass is 211 g/mol. The molecule has 1 N–H and O–H groups in total. The van der Waals surface area contributed by atoms with E-state index in [0.29, 0.717) is 12.0 Å². The van der Waals surface area contributed by atoms with Crippen LogP contribution >= 0.6 is 0 Å². The lowest BCUT2D eigenvalue weighted by Gasteiger charge is -2.11. The zero-order valence-corrected chi connectivity index (χ0v) is 9.92. The minimum atomic E-state index is -0.822. The Morgan fingerprint density at radius 2 is 2.07 bits per heavy atom. The normalized spacial score (nSPS) is 12.5. The van der Waals surface area contributed by atoms with Crippen molar-refractivity contribution in [2.24, 2.45) is 0 Å². The average Bonchev–Trinajstić information content (AvgIpc) is 2.14. The lowest BCUT2D eigenvalue weighted by Crippen LogP contribution is -2.13. The maximum absolute atomic E-state index is 10.8. The zero-order chi connectivity index (χ0) is 11.8. The summed E-state index contributed by atoms with van der Waals surface area (Å²) in [6.45, 7) is 6.29. The smallest absolute Gasteiger partial charge is 0.331 e. The Balaban J connectivity index is 4.34. The highest BCUT2D eigenvalue weighted by molar-refractivity contribution is 5.86. The molecule has 0 bridgehead atoms. The number of carboxylic acids is 1. The molecule has 0 unspecified atom stereocenters. The summed E-state index contributed by atoms with van der Waals surface area (Å²) >= 11 is 0. The first-order valence-corrected chi connectivity index (χ1v) is 5.16. The molecule has 0 aliphatic carbocycles. The molecule has 3 nitrogen and oxygen atoms in total. The molecule has 0 aliphatic heterocycles. The van der Waals surface area contributed by atoms with Crippen LogP contribution < -0.4 is 0 Å².